The van der Waals surface area contributed by atoms with Crippen LogP contribution in [0, 0.1) is 0 Å². The minimum Gasteiger partial charge on any atom is -0.374 e. The molecule has 0 unspecified atom stereocenters. The molecular formula is C33H36O4. The zero-order valence-corrected chi connectivity index (χ0v) is 21.5. The standard InChI is InChI=1S/C33H36O4/c1-33(37-25-31-20-12-5-13-21-31,27-35-23-29-16-8-3-9-17-29)32(36-24-30-18-10-4-11-19-30)26-34-22-28-14-6-2-7-15-28/h2-21,32H,22-27H2,1H3/t32-,33+/m0/s1. The van der Waals surface area contributed by atoms with Crippen molar-refractivity contribution in [3.05, 3.63) is 144 Å². The molecule has 0 saturated heterocycles. The van der Waals surface area contributed by atoms with E-state index in [9.17, 15) is 0 Å². The first-order chi connectivity index (χ1) is 18.2. The summed E-state index contributed by atoms with van der Waals surface area (Å²) in [6, 6.07) is 40.7. The lowest BCUT2D eigenvalue weighted by atomic mass is 9.99. The number of ether oxygens (including phenoxy) is 4. The van der Waals surface area contributed by atoms with Crippen LogP contribution in [-0.2, 0) is 45.4 Å². The number of rotatable bonds is 15. The van der Waals surface area contributed by atoms with Gasteiger partial charge >= 0.3 is 0 Å². The maximum absolute atomic E-state index is 6.58. The molecule has 0 radical (unpaired) electrons. The van der Waals surface area contributed by atoms with Crippen LogP contribution in [0.1, 0.15) is 29.2 Å². The molecule has 0 aliphatic carbocycles. The van der Waals surface area contributed by atoms with E-state index in [4.69, 9.17) is 18.9 Å². The second-order valence-electron chi connectivity index (χ2n) is 9.35. The van der Waals surface area contributed by atoms with Gasteiger partial charge in [0.1, 0.15) is 11.7 Å². The molecule has 0 fully saturated rings. The highest BCUT2D eigenvalue weighted by molar-refractivity contribution is 5.16. The van der Waals surface area contributed by atoms with Gasteiger partial charge in [0.2, 0.25) is 0 Å². The normalized spacial score (nSPS) is 13.6. The Labute approximate surface area is 220 Å². The van der Waals surface area contributed by atoms with E-state index in [2.05, 4.69) is 55.5 Å². The second kappa shape index (κ2) is 14.5. The maximum atomic E-state index is 6.58. The van der Waals surface area contributed by atoms with Crippen molar-refractivity contribution in [1.82, 2.24) is 0 Å². The number of hydrogen-bond donors (Lipinski definition) is 0. The third-order valence-corrected chi connectivity index (χ3v) is 6.27. The molecule has 4 rings (SSSR count). The largest absolute Gasteiger partial charge is 0.374 e. The molecule has 0 bridgehead atoms. The van der Waals surface area contributed by atoms with E-state index in [1.54, 1.807) is 0 Å². The summed E-state index contributed by atoms with van der Waals surface area (Å²) in [7, 11) is 0. The molecule has 192 valence electrons. The van der Waals surface area contributed by atoms with Gasteiger partial charge in [-0.25, -0.2) is 0 Å². The van der Waals surface area contributed by atoms with Gasteiger partial charge in [-0.15, -0.1) is 0 Å². The van der Waals surface area contributed by atoms with Crippen LogP contribution in [0.3, 0.4) is 0 Å². The lowest BCUT2D eigenvalue weighted by Crippen LogP contribution is -2.50. The van der Waals surface area contributed by atoms with Gasteiger partial charge in [-0.2, -0.15) is 0 Å². The lowest BCUT2D eigenvalue weighted by Gasteiger charge is -2.37. The van der Waals surface area contributed by atoms with Gasteiger partial charge in [0.05, 0.1) is 39.6 Å². The van der Waals surface area contributed by atoms with Gasteiger partial charge < -0.3 is 18.9 Å². The molecular weight excluding hydrogens is 460 g/mol. The zero-order valence-electron chi connectivity index (χ0n) is 21.5. The molecule has 0 saturated carbocycles. The molecule has 0 spiro atoms. The second-order valence-corrected chi connectivity index (χ2v) is 9.35. The molecule has 2 atom stereocenters. The summed E-state index contributed by atoms with van der Waals surface area (Å²) in [5.74, 6) is 0. The van der Waals surface area contributed by atoms with Gasteiger partial charge in [0.15, 0.2) is 0 Å². The van der Waals surface area contributed by atoms with Gasteiger partial charge in [0.25, 0.3) is 0 Å². The molecule has 4 nitrogen and oxygen atoms in total. The first kappa shape index (κ1) is 26.8. The highest BCUT2D eigenvalue weighted by atomic mass is 16.6. The van der Waals surface area contributed by atoms with Gasteiger partial charge in [0, 0.05) is 0 Å². The first-order valence-electron chi connectivity index (χ1n) is 12.8. The molecule has 0 heterocycles. The topological polar surface area (TPSA) is 36.9 Å². The molecule has 4 heteroatoms. The van der Waals surface area contributed by atoms with Crippen LogP contribution in [0.4, 0.5) is 0 Å². The van der Waals surface area contributed by atoms with Crippen molar-refractivity contribution in [2.45, 2.75) is 45.1 Å². The average molecular weight is 497 g/mol. The summed E-state index contributed by atoms with van der Waals surface area (Å²) >= 11 is 0. The summed E-state index contributed by atoms with van der Waals surface area (Å²) in [5, 5.41) is 0. The van der Waals surface area contributed by atoms with E-state index < -0.39 is 5.60 Å². The van der Waals surface area contributed by atoms with Crippen LogP contribution < -0.4 is 0 Å². The third kappa shape index (κ3) is 8.96. The van der Waals surface area contributed by atoms with Crippen molar-refractivity contribution in [3.8, 4) is 0 Å². The Morgan fingerprint density at radius 2 is 0.919 bits per heavy atom. The maximum Gasteiger partial charge on any atom is 0.117 e. The van der Waals surface area contributed by atoms with Crippen LogP contribution in [0.15, 0.2) is 121 Å². The van der Waals surface area contributed by atoms with E-state index in [-0.39, 0.29) is 6.10 Å². The van der Waals surface area contributed by atoms with Crippen LogP contribution in [0.5, 0.6) is 0 Å². The number of benzene rings is 4. The monoisotopic (exact) mass is 496 g/mol. The van der Waals surface area contributed by atoms with Gasteiger partial charge in [-0.3, -0.25) is 0 Å². The molecule has 37 heavy (non-hydrogen) atoms. The molecule has 0 N–H and O–H groups in total. The fraction of sp³-hybridized carbons (Fsp3) is 0.273. The smallest absolute Gasteiger partial charge is 0.117 e. The fourth-order valence-corrected chi connectivity index (χ4v) is 4.03. The first-order valence-corrected chi connectivity index (χ1v) is 12.8. The Balaban J connectivity index is 1.48. The van der Waals surface area contributed by atoms with Crippen molar-refractivity contribution in [3.63, 3.8) is 0 Å². The predicted octanol–water partition coefficient (Wildman–Crippen LogP) is 6.98. The third-order valence-electron chi connectivity index (χ3n) is 6.27. The molecule has 4 aromatic rings. The average Bonchev–Trinajstić information content (AvgIpc) is 2.96. The van der Waals surface area contributed by atoms with Crippen LogP contribution >= 0.6 is 0 Å². The molecule has 0 amide bonds. The van der Waals surface area contributed by atoms with E-state index >= 15 is 0 Å². The Bertz CT molecular complexity index is 1140. The quantitative estimate of drug-likeness (QED) is 0.178. The molecule has 0 aliphatic heterocycles. The highest BCUT2D eigenvalue weighted by Crippen LogP contribution is 2.25. The van der Waals surface area contributed by atoms with Gasteiger partial charge in [-0.05, 0) is 29.2 Å². The number of hydrogen-bond acceptors (Lipinski definition) is 4. The van der Waals surface area contributed by atoms with E-state index in [0.717, 1.165) is 22.3 Å². The van der Waals surface area contributed by atoms with Crippen molar-refractivity contribution in [2.75, 3.05) is 13.2 Å². The van der Waals surface area contributed by atoms with Crippen LogP contribution in [-0.4, -0.2) is 24.9 Å². The highest BCUT2D eigenvalue weighted by Gasteiger charge is 2.37. The SMILES string of the molecule is C[C@](COCc1ccccc1)(OCc1ccccc1)[C@H](COCc1ccccc1)OCc1ccccc1. The molecule has 0 aromatic heterocycles. The lowest BCUT2D eigenvalue weighted by molar-refractivity contribution is -0.194. The Morgan fingerprint density at radius 3 is 1.41 bits per heavy atom. The van der Waals surface area contributed by atoms with Crippen LogP contribution in [0.2, 0.25) is 0 Å². The van der Waals surface area contributed by atoms with E-state index in [1.165, 1.54) is 0 Å². The fourth-order valence-electron chi connectivity index (χ4n) is 4.03. The van der Waals surface area contributed by atoms with Crippen LogP contribution in [0.25, 0.3) is 0 Å². The van der Waals surface area contributed by atoms with Crippen molar-refractivity contribution in [1.29, 1.82) is 0 Å². The summed E-state index contributed by atoms with van der Waals surface area (Å²) in [4.78, 5) is 0. The summed E-state index contributed by atoms with van der Waals surface area (Å²) in [5.41, 5.74) is 3.71. The minimum atomic E-state index is -0.740. The van der Waals surface area contributed by atoms with E-state index in [0.29, 0.717) is 39.6 Å². The molecule has 0 aliphatic rings. The van der Waals surface area contributed by atoms with E-state index in [1.807, 2.05) is 72.8 Å². The summed E-state index contributed by atoms with van der Waals surface area (Å²) in [6.07, 6.45) is -0.351. The zero-order chi connectivity index (χ0) is 25.6. The van der Waals surface area contributed by atoms with Crippen molar-refractivity contribution >= 4 is 0 Å². The van der Waals surface area contributed by atoms with Crippen molar-refractivity contribution in [2.24, 2.45) is 0 Å². The van der Waals surface area contributed by atoms with Crippen molar-refractivity contribution < 1.29 is 18.9 Å². The summed E-state index contributed by atoms with van der Waals surface area (Å²) in [6.45, 7) is 4.72. The molecule has 4 aromatic carbocycles. The predicted molar refractivity (Wildman–Crippen MR) is 147 cm³/mol. The summed E-state index contributed by atoms with van der Waals surface area (Å²) < 4.78 is 25.5. The minimum absolute atomic E-state index is 0.351. The Hall–Kier alpha value is -3.28. The van der Waals surface area contributed by atoms with Gasteiger partial charge in [-0.1, -0.05) is 121 Å². The Morgan fingerprint density at radius 1 is 0.514 bits per heavy atom. The Kier molecular flexibility index (Phi) is 10.5.